The Morgan fingerprint density at radius 1 is 1.40 bits per heavy atom. The maximum Gasteiger partial charge on any atom is 0.311 e. The van der Waals surface area contributed by atoms with Gasteiger partial charge in [0.15, 0.2) is 0 Å². The third-order valence-corrected chi connectivity index (χ3v) is 3.56. The number of aliphatic carboxylic acids is 1. The van der Waals surface area contributed by atoms with Gasteiger partial charge >= 0.3 is 5.97 Å². The van der Waals surface area contributed by atoms with E-state index in [0.717, 1.165) is 0 Å². The summed E-state index contributed by atoms with van der Waals surface area (Å²) < 4.78 is 18.6. The Bertz CT molecular complexity index is 520. The summed E-state index contributed by atoms with van der Waals surface area (Å²) in [7, 11) is 1.53. The summed E-state index contributed by atoms with van der Waals surface area (Å²) in [6, 6.07) is 5.54. The fourth-order valence-electron chi connectivity index (χ4n) is 2.27. The van der Waals surface area contributed by atoms with Crippen LogP contribution in [0.25, 0.3) is 0 Å². The van der Waals surface area contributed by atoms with Crippen LogP contribution in [0.5, 0.6) is 0 Å². The Labute approximate surface area is 116 Å². The van der Waals surface area contributed by atoms with Crippen LogP contribution >= 0.6 is 0 Å². The lowest BCUT2D eigenvalue weighted by atomic mass is 10.0. The molecular weight excluding hydrogens is 265 g/mol. The Balaban J connectivity index is 2.05. The number of carboxylic acid groups (broad SMARTS) is 1. The molecule has 0 radical (unpaired) electrons. The minimum absolute atomic E-state index is 0.0913. The second-order valence-corrected chi connectivity index (χ2v) is 4.82. The van der Waals surface area contributed by atoms with E-state index in [4.69, 9.17) is 9.84 Å². The molecule has 1 aromatic rings. The van der Waals surface area contributed by atoms with E-state index in [9.17, 15) is 14.0 Å². The molecule has 1 aliphatic rings. The van der Waals surface area contributed by atoms with Gasteiger partial charge in [0, 0.05) is 7.05 Å². The molecular formula is C14H16FNO4. The van der Waals surface area contributed by atoms with Crippen LogP contribution in [-0.4, -0.2) is 48.2 Å². The molecule has 2 unspecified atom stereocenters. The van der Waals surface area contributed by atoms with Gasteiger partial charge in [0.1, 0.15) is 11.7 Å². The van der Waals surface area contributed by atoms with Gasteiger partial charge in [-0.15, -0.1) is 0 Å². The maximum atomic E-state index is 13.5. The molecule has 1 amide bonds. The zero-order chi connectivity index (χ0) is 14.7. The Morgan fingerprint density at radius 3 is 2.75 bits per heavy atom. The number of benzene rings is 1. The Morgan fingerprint density at radius 2 is 2.10 bits per heavy atom. The number of halogens is 1. The lowest BCUT2D eigenvalue weighted by Crippen LogP contribution is -2.44. The first-order chi connectivity index (χ1) is 9.50. The maximum absolute atomic E-state index is 13.5. The number of carbonyl (C=O) groups is 2. The van der Waals surface area contributed by atoms with Crippen molar-refractivity contribution in [3.8, 4) is 0 Å². The van der Waals surface area contributed by atoms with Crippen LogP contribution in [0.1, 0.15) is 5.56 Å². The quantitative estimate of drug-likeness (QED) is 0.891. The standard InChI is InChI=1S/C14H16FNO4/c1-16(12-8-20-7-10(12)14(18)19)13(17)6-9-4-2-3-5-11(9)15/h2-5,10,12H,6-8H2,1H3,(H,18,19). The summed E-state index contributed by atoms with van der Waals surface area (Å²) in [6.45, 7) is 0.286. The predicted molar refractivity (Wildman–Crippen MR) is 68.6 cm³/mol. The second kappa shape index (κ2) is 6.00. The highest BCUT2D eigenvalue weighted by Gasteiger charge is 2.38. The molecule has 20 heavy (non-hydrogen) atoms. The molecule has 6 heteroatoms. The summed E-state index contributed by atoms with van der Waals surface area (Å²) in [6.07, 6.45) is -0.0913. The molecule has 5 nitrogen and oxygen atoms in total. The van der Waals surface area contributed by atoms with E-state index in [1.165, 1.54) is 18.0 Å². The normalized spacial score (nSPS) is 21.7. The number of carboxylic acids is 1. The number of likely N-dealkylation sites (N-methyl/N-ethyl adjacent to an activating group) is 1. The molecule has 1 N–H and O–H groups in total. The summed E-state index contributed by atoms with van der Waals surface area (Å²) >= 11 is 0. The largest absolute Gasteiger partial charge is 0.481 e. The van der Waals surface area contributed by atoms with Crippen molar-refractivity contribution in [1.82, 2.24) is 4.90 Å². The van der Waals surface area contributed by atoms with E-state index in [-0.39, 0.29) is 25.5 Å². The lowest BCUT2D eigenvalue weighted by molar-refractivity contribution is -0.144. The van der Waals surface area contributed by atoms with Crippen LogP contribution < -0.4 is 0 Å². The number of nitrogens with zero attached hydrogens (tertiary/aromatic N) is 1. The molecule has 2 rings (SSSR count). The second-order valence-electron chi connectivity index (χ2n) is 4.82. The molecule has 1 aliphatic heterocycles. The third kappa shape index (κ3) is 2.96. The number of carbonyl (C=O) groups excluding carboxylic acids is 1. The van der Waals surface area contributed by atoms with Crippen LogP contribution in [0, 0.1) is 11.7 Å². The van der Waals surface area contributed by atoms with Gasteiger partial charge in [0.25, 0.3) is 0 Å². The highest BCUT2D eigenvalue weighted by Crippen LogP contribution is 2.20. The van der Waals surface area contributed by atoms with Crippen molar-refractivity contribution >= 4 is 11.9 Å². The van der Waals surface area contributed by atoms with E-state index < -0.39 is 23.7 Å². The first-order valence-corrected chi connectivity index (χ1v) is 6.30. The highest BCUT2D eigenvalue weighted by molar-refractivity contribution is 5.80. The highest BCUT2D eigenvalue weighted by atomic mass is 19.1. The SMILES string of the molecule is CN(C(=O)Cc1ccccc1F)C1COCC1C(=O)O. The van der Waals surface area contributed by atoms with Gasteiger partial charge in [-0.25, -0.2) is 4.39 Å². The van der Waals surface area contributed by atoms with E-state index >= 15 is 0 Å². The topological polar surface area (TPSA) is 66.8 Å². The van der Waals surface area contributed by atoms with E-state index in [0.29, 0.717) is 5.56 Å². The van der Waals surface area contributed by atoms with Gasteiger partial charge in [0.05, 0.1) is 25.7 Å². The van der Waals surface area contributed by atoms with Crippen molar-refractivity contribution in [3.63, 3.8) is 0 Å². The molecule has 0 aromatic heterocycles. The van der Waals surface area contributed by atoms with Gasteiger partial charge in [-0.2, -0.15) is 0 Å². The fourth-order valence-corrected chi connectivity index (χ4v) is 2.27. The minimum atomic E-state index is -0.988. The molecule has 0 aliphatic carbocycles. The van der Waals surface area contributed by atoms with E-state index in [1.54, 1.807) is 18.2 Å². The van der Waals surface area contributed by atoms with Crippen molar-refractivity contribution in [2.45, 2.75) is 12.5 Å². The number of rotatable bonds is 4. The molecule has 0 saturated carbocycles. The van der Waals surface area contributed by atoms with Crippen LogP contribution in [0.3, 0.4) is 0 Å². The number of amides is 1. The first-order valence-electron chi connectivity index (χ1n) is 6.30. The predicted octanol–water partition coefficient (Wildman–Crippen LogP) is 0.926. The van der Waals surface area contributed by atoms with Crippen molar-refractivity contribution in [2.75, 3.05) is 20.3 Å². The Hall–Kier alpha value is -1.95. The van der Waals surface area contributed by atoms with Crippen LogP contribution in [-0.2, 0) is 20.7 Å². The van der Waals surface area contributed by atoms with E-state index in [1.807, 2.05) is 0 Å². The van der Waals surface area contributed by atoms with Crippen molar-refractivity contribution in [2.24, 2.45) is 5.92 Å². The Kier molecular flexibility index (Phi) is 4.34. The lowest BCUT2D eigenvalue weighted by Gasteiger charge is -2.26. The van der Waals surface area contributed by atoms with Gasteiger partial charge < -0.3 is 14.7 Å². The van der Waals surface area contributed by atoms with Gasteiger partial charge in [-0.3, -0.25) is 9.59 Å². The molecule has 1 aromatic carbocycles. The molecule has 1 fully saturated rings. The summed E-state index contributed by atoms with van der Waals surface area (Å²) in [4.78, 5) is 24.5. The van der Waals surface area contributed by atoms with Crippen LogP contribution in [0.15, 0.2) is 24.3 Å². The zero-order valence-corrected chi connectivity index (χ0v) is 11.1. The number of hydrogen-bond donors (Lipinski definition) is 1. The van der Waals surface area contributed by atoms with E-state index in [2.05, 4.69) is 0 Å². The molecule has 1 saturated heterocycles. The van der Waals surface area contributed by atoms with Gasteiger partial charge in [-0.05, 0) is 11.6 Å². The molecule has 2 atom stereocenters. The third-order valence-electron chi connectivity index (χ3n) is 3.56. The van der Waals surface area contributed by atoms with Gasteiger partial charge in [-0.1, -0.05) is 18.2 Å². The zero-order valence-electron chi connectivity index (χ0n) is 11.1. The van der Waals surface area contributed by atoms with Crippen LogP contribution in [0.4, 0.5) is 4.39 Å². The molecule has 1 heterocycles. The summed E-state index contributed by atoms with van der Waals surface area (Å²) in [5.41, 5.74) is 0.301. The first kappa shape index (κ1) is 14.5. The minimum Gasteiger partial charge on any atom is -0.481 e. The summed E-state index contributed by atoms with van der Waals surface area (Å²) in [5.74, 6) is -2.48. The van der Waals surface area contributed by atoms with Crippen molar-refractivity contribution < 1.29 is 23.8 Å². The van der Waals surface area contributed by atoms with Crippen molar-refractivity contribution in [3.05, 3.63) is 35.6 Å². The smallest absolute Gasteiger partial charge is 0.311 e. The molecule has 108 valence electrons. The summed E-state index contributed by atoms with van der Waals surface area (Å²) in [5, 5.41) is 9.07. The monoisotopic (exact) mass is 281 g/mol. The number of ether oxygens (including phenoxy) is 1. The number of hydrogen-bond acceptors (Lipinski definition) is 3. The average Bonchev–Trinajstić information content (AvgIpc) is 2.89. The molecule has 0 spiro atoms. The van der Waals surface area contributed by atoms with Crippen LogP contribution in [0.2, 0.25) is 0 Å². The van der Waals surface area contributed by atoms with Gasteiger partial charge in [0.2, 0.25) is 5.91 Å². The average molecular weight is 281 g/mol. The fraction of sp³-hybridized carbons (Fsp3) is 0.429. The molecule has 0 bridgehead atoms. The van der Waals surface area contributed by atoms with Crippen molar-refractivity contribution in [1.29, 1.82) is 0 Å².